The summed E-state index contributed by atoms with van der Waals surface area (Å²) < 4.78 is 0. The van der Waals surface area contributed by atoms with Crippen molar-refractivity contribution in [2.24, 2.45) is 11.7 Å². The number of nitrogens with zero attached hydrogens (tertiary/aromatic N) is 2. The predicted molar refractivity (Wildman–Crippen MR) is 104 cm³/mol. The summed E-state index contributed by atoms with van der Waals surface area (Å²) in [5.74, 6) is 0.0144. The number of piperidine rings is 2. The van der Waals surface area contributed by atoms with Gasteiger partial charge in [0.05, 0.1) is 0 Å². The van der Waals surface area contributed by atoms with Crippen LogP contribution < -0.4 is 11.1 Å². The van der Waals surface area contributed by atoms with Gasteiger partial charge in [0.25, 0.3) is 5.91 Å². The first kappa shape index (κ1) is 19.1. The van der Waals surface area contributed by atoms with Gasteiger partial charge in [-0.1, -0.05) is 12.1 Å². The van der Waals surface area contributed by atoms with Gasteiger partial charge >= 0.3 is 0 Å². The van der Waals surface area contributed by atoms with Crippen LogP contribution in [0.25, 0.3) is 0 Å². The van der Waals surface area contributed by atoms with Gasteiger partial charge in [0.1, 0.15) is 6.04 Å². The number of fused-ring (bicyclic) bond motifs is 1. The summed E-state index contributed by atoms with van der Waals surface area (Å²) in [5, 5.41) is 2.35. The molecule has 1 aromatic rings. The Hall–Kier alpha value is -2.25. The van der Waals surface area contributed by atoms with E-state index in [1.54, 1.807) is 4.90 Å². The van der Waals surface area contributed by atoms with Crippen LogP contribution >= 0.6 is 0 Å². The Kier molecular flexibility index (Phi) is 5.46. The molecule has 3 N–H and O–H groups in total. The van der Waals surface area contributed by atoms with Crippen LogP contribution in [0.1, 0.15) is 53.6 Å². The predicted octanol–water partition coefficient (Wildman–Crippen LogP) is 1.01. The maximum atomic E-state index is 12.8. The molecule has 2 fully saturated rings. The smallest absolute Gasteiger partial charge is 0.255 e. The van der Waals surface area contributed by atoms with Crippen molar-refractivity contribution in [1.82, 2.24) is 15.1 Å². The third kappa shape index (κ3) is 3.82. The van der Waals surface area contributed by atoms with Crippen LogP contribution in [-0.4, -0.2) is 53.2 Å². The highest BCUT2D eigenvalue weighted by Gasteiger charge is 2.39. The molecular formula is C21H28N4O3. The first-order chi connectivity index (χ1) is 13.5. The van der Waals surface area contributed by atoms with E-state index in [-0.39, 0.29) is 24.1 Å². The minimum absolute atomic E-state index is 0.112. The number of rotatable bonds is 5. The number of carbonyl (C=O) groups excluding carboxylic acids is 3. The van der Waals surface area contributed by atoms with Gasteiger partial charge in [-0.25, -0.2) is 0 Å². The van der Waals surface area contributed by atoms with Crippen LogP contribution in [-0.2, 0) is 22.7 Å². The summed E-state index contributed by atoms with van der Waals surface area (Å²) in [6.45, 7) is 4.27. The molecule has 3 aliphatic rings. The average molecular weight is 384 g/mol. The van der Waals surface area contributed by atoms with Gasteiger partial charge in [0.2, 0.25) is 11.8 Å². The van der Waals surface area contributed by atoms with Crippen molar-refractivity contribution in [1.29, 1.82) is 0 Å². The van der Waals surface area contributed by atoms with E-state index in [2.05, 4.69) is 16.3 Å². The summed E-state index contributed by atoms with van der Waals surface area (Å²) in [4.78, 5) is 40.4. The molecule has 7 heteroatoms. The third-order valence-corrected chi connectivity index (χ3v) is 6.28. The zero-order chi connectivity index (χ0) is 19.7. The topological polar surface area (TPSA) is 95.7 Å². The molecule has 4 rings (SSSR count). The van der Waals surface area contributed by atoms with Gasteiger partial charge in [-0.15, -0.1) is 0 Å². The number of carbonyl (C=O) groups is 3. The molecule has 1 atom stereocenters. The molecule has 0 spiro atoms. The van der Waals surface area contributed by atoms with Crippen molar-refractivity contribution < 1.29 is 14.4 Å². The maximum Gasteiger partial charge on any atom is 0.255 e. The summed E-state index contributed by atoms with van der Waals surface area (Å²) in [6, 6.07) is 5.46. The fourth-order valence-corrected chi connectivity index (χ4v) is 4.65. The first-order valence-electron chi connectivity index (χ1n) is 10.2. The second-order valence-corrected chi connectivity index (χ2v) is 8.19. The van der Waals surface area contributed by atoms with Crippen LogP contribution in [0, 0.1) is 5.92 Å². The van der Waals surface area contributed by atoms with Crippen LogP contribution in [0.3, 0.4) is 0 Å². The lowest BCUT2D eigenvalue weighted by molar-refractivity contribution is -0.136. The molecule has 1 unspecified atom stereocenters. The zero-order valence-electron chi connectivity index (χ0n) is 16.2. The standard InChI is InChI=1S/C21H28N4O3/c22-8-5-14-6-9-24(10-7-14)12-15-1-2-17-16(11-15)13-25(21(17)28)18-3-4-19(26)23-20(18)27/h1-2,11,14,18H,3-10,12-13,22H2,(H,23,26,27). The Bertz CT molecular complexity index is 786. The zero-order valence-corrected chi connectivity index (χ0v) is 16.2. The SMILES string of the molecule is NCCC1CCN(Cc2ccc3c(c2)CN(C2CCC(=O)NC2=O)C3=O)CC1. The number of amides is 3. The van der Waals surface area contributed by atoms with E-state index in [0.29, 0.717) is 18.5 Å². The van der Waals surface area contributed by atoms with Gasteiger partial charge in [-0.2, -0.15) is 0 Å². The number of benzene rings is 1. The highest BCUT2D eigenvalue weighted by molar-refractivity contribution is 6.05. The number of hydrogen-bond donors (Lipinski definition) is 2. The fourth-order valence-electron chi connectivity index (χ4n) is 4.65. The molecule has 0 aliphatic carbocycles. The fraction of sp³-hybridized carbons (Fsp3) is 0.571. The van der Waals surface area contributed by atoms with Crippen molar-refractivity contribution in [3.8, 4) is 0 Å². The number of hydrogen-bond acceptors (Lipinski definition) is 5. The molecule has 0 bridgehead atoms. The number of likely N-dealkylation sites (tertiary alicyclic amines) is 1. The number of imide groups is 1. The highest BCUT2D eigenvalue weighted by atomic mass is 16.2. The second kappa shape index (κ2) is 8.01. The highest BCUT2D eigenvalue weighted by Crippen LogP contribution is 2.29. The first-order valence-corrected chi connectivity index (χ1v) is 10.2. The Morgan fingerprint density at radius 1 is 1.11 bits per heavy atom. The van der Waals surface area contributed by atoms with Gasteiger partial charge in [-0.05, 0) is 68.4 Å². The summed E-state index contributed by atoms with van der Waals surface area (Å²) in [6.07, 6.45) is 4.19. The Morgan fingerprint density at radius 2 is 1.89 bits per heavy atom. The molecule has 150 valence electrons. The lowest BCUT2D eigenvalue weighted by Gasteiger charge is -2.31. The maximum absolute atomic E-state index is 12.8. The number of nitrogens with two attached hydrogens (primary N) is 1. The molecule has 0 aromatic heterocycles. The van der Waals surface area contributed by atoms with Crippen molar-refractivity contribution >= 4 is 17.7 Å². The van der Waals surface area contributed by atoms with E-state index in [4.69, 9.17) is 5.73 Å². The van der Waals surface area contributed by atoms with Crippen molar-refractivity contribution in [3.63, 3.8) is 0 Å². The van der Waals surface area contributed by atoms with E-state index in [1.807, 2.05) is 12.1 Å². The van der Waals surface area contributed by atoms with E-state index >= 15 is 0 Å². The minimum Gasteiger partial charge on any atom is -0.330 e. The monoisotopic (exact) mass is 384 g/mol. The molecule has 3 heterocycles. The quantitative estimate of drug-likeness (QED) is 0.739. The Labute approximate surface area is 165 Å². The van der Waals surface area contributed by atoms with Crippen molar-refractivity contribution in [2.45, 2.75) is 51.2 Å². The summed E-state index contributed by atoms with van der Waals surface area (Å²) in [5.41, 5.74) is 8.53. The van der Waals surface area contributed by atoms with Crippen molar-refractivity contribution in [2.75, 3.05) is 19.6 Å². The normalized spacial score (nSPS) is 23.8. The number of nitrogens with one attached hydrogen (secondary N) is 1. The summed E-state index contributed by atoms with van der Waals surface area (Å²) >= 11 is 0. The lowest BCUT2D eigenvalue weighted by Crippen LogP contribution is -2.52. The van der Waals surface area contributed by atoms with E-state index in [9.17, 15) is 14.4 Å². The van der Waals surface area contributed by atoms with Gasteiger partial charge in [0, 0.05) is 25.1 Å². The molecule has 0 saturated carbocycles. The molecule has 7 nitrogen and oxygen atoms in total. The van der Waals surface area contributed by atoms with Gasteiger partial charge in [-0.3, -0.25) is 24.6 Å². The molecular weight excluding hydrogens is 356 g/mol. The van der Waals surface area contributed by atoms with Crippen LogP contribution in [0.5, 0.6) is 0 Å². The van der Waals surface area contributed by atoms with Crippen LogP contribution in [0.4, 0.5) is 0 Å². The molecule has 3 aliphatic heterocycles. The molecule has 0 radical (unpaired) electrons. The van der Waals surface area contributed by atoms with Crippen LogP contribution in [0.2, 0.25) is 0 Å². The van der Waals surface area contributed by atoms with E-state index in [1.165, 1.54) is 18.4 Å². The lowest BCUT2D eigenvalue weighted by atomic mass is 9.93. The van der Waals surface area contributed by atoms with Gasteiger partial charge < -0.3 is 10.6 Å². The van der Waals surface area contributed by atoms with Crippen molar-refractivity contribution in [3.05, 3.63) is 34.9 Å². The largest absolute Gasteiger partial charge is 0.330 e. The summed E-state index contributed by atoms with van der Waals surface area (Å²) in [7, 11) is 0. The molecule has 2 saturated heterocycles. The third-order valence-electron chi connectivity index (χ3n) is 6.28. The van der Waals surface area contributed by atoms with Gasteiger partial charge in [0.15, 0.2) is 0 Å². The van der Waals surface area contributed by atoms with E-state index < -0.39 is 6.04 Å². The van der Waals surface area contributed by atoms with E-state index in [0.717, 1.165) is 44.1 Å². The Balaban J connectivity index is 1.40. The molecule has 28 heavy (non-hydrogen) atoms. The average Bonchev–Trinajstić information content (AvgIpc) is 2.99. The molecule has 1 aromatic carbocycles. The second-order valence-electron chi connectivity index (χ2n) is 8.19. The molecule has 3 amide bonds. The Morgan fingerprint density at radius 3 is 2.61 bits per heavy atom. The van der Waals surface area contributed by atoms with Crippen LogP contribution in [0.15, 0.2) is 18.2 Å². The minimum atomic E-state index is -0.553.